The Hall–Kier alpha value is -1.24. The van der Waals surface area contributed by atoms with Crippen LogP contribution >= 0.6 is 0 Å². The van der Waals surface area contributed by atoms with Crippen molar-refractivity contribution in [1.29, 1.82) is 0 Å². The molecule has 73 valence electrons. The van der Waals surface area contributed by atoms with Gasteiger partial charge in [-0.15, -0.1) is 0 Å². The summed E-state index contributed by atoms with van der Waals surface area (Å²) >= 11 is 0. The lowest BCUT2D eigenvalue weighted by atomic mass is 10.2. The summed E-state index contributed by atoms with van der Waals surface area (Å²) in [5.41, 5.74) is 0. The van der Waals surface area contributed by atoms with Crippen LogP contribution < -0.4 is 4.74 Å². The molecule has 0 bridgehead atoms. The van der Waals surface area contributed by atoms with E-state index in [-0.39, 0.29) is 0 Å². The molecular formula is C13H15O. The fourth-order valence-electron chi connectivity index (χ4n) is 1.67. The van der Waals surface area contributed by atoms with E-state index in [1.165, 1.54) is 19.3 Å². The summed E-state index contributed by atoms with van der Waals surface area (Å²) in [6.07, 6.45) is 8.33. The molecule has 0 aliphatic heterocycles. The first kappa shape index (κ1) is 9.32. The normalized spacial score (nSPS) is 17.0. The van der Waals surface area contributed by atoms with Gasteiger partial charge in [-0.2, -0.15) is 0 Å². The maximum Gasteiger partial charge on any atom is 0.127 e. The molecule has 1 aliphatic rings. The van der Waals surface area contributed by atoms with Crippen molar-refractivity contribution >= 4 is 0 Å². The van der Waals surface area contributed by atoms with Crippen LogP contribution in [0.15, 0.2) is 36.1 Å². The van der Waals surface area contributed by atoms with E-state index in [9.17, 15) is 0 Å². The SMILES string of the molecule is [c]1cccc(OC2=CCCCCC2)c1. The van der Waals surface area contributed by atoms with E-state index in [0.29, 0.717) is 0 Å². The second kappa shape index (κ2) is 4.85. The lowest BCUT2D eigenvalue weighted by Gasteiger charge is -2.07. The summed E-state index contributed by atoms with van der Waals surface area (Å²) in [5.74, 6) is 2.03. The van der Waals surface area contributed by atoms with Crippen molar-refractivity contribution in [2.24, 2.45) is 0 Å². The van der Waals surface area contributed by atoms with Crippen LogP contribution in [0.4, 0.5) is 0 Å². The molecule has 0 fully saturated rings. The zero-order valence-corrected chi connectivity index (χ0v) is 8.33. The molecule has 1 aromatic carbocycles. The van der Waals surface area contributed by atoms with Crippen molar-refractivity contribution in [3.05, 3.63) is 42.2 Å². The summed E-state index contributed by atoms with van der Waals surface area (Å²) in [5, 5.41) is 0. The summed E-state index contributed by atoms with van der Waals surface area (Å²) in [7, 11) is 0. The van der Waals surface area contributed by atoms with Gasteiger partial charge in [0, 0.05) is 6.42 Å². The van der Waals surface area contributed by atoms with Gasteiger partial charge in [-0.25, -0.2) is 0 Å². The summed E-state index contributed by atoms with van der Waals surface area (Å²) < 4.78 is 5.77. The van der Waals surface area contributed by atoms with Crippen LogP contribution in [0.3, 0.4) is 0 Å². The van der Waals surface area contributed by atoms with E-state index in [1.807, 2.05) is 24.3 Å². The zero-order valence-electron chi connectivity index (χ0n) is 8.33. The van der Waals surface area contributed by atoms with Gasteiger partial charge in [-0.05, 0) is 43.5 Å². The van der Waals surface area contributed by atoms with E-state index in [0.717, 1.165) is 24.4 Å². The van der Waals surface area contributed by atoms with Crippen LogP contribution in [0.2, 0.25) is 0 Å². The Balaban J connectivity index is 1.99. The van der Waals surface area contributed by atoms with Gasteiger partial charge >= 0.3 is 0 Å². The molecular weight excluding hydrogens is 172 g/mol. The lowest BCUT2D eigenvalue weighted by Crippen LogP contribution is -1.94. The molecule has 0 saturated carbocycles. The Bertz CT molecular complexity index is 300. The summed E-state index contributed by atoms with van der Waals surface area (Å²) in [6.45, 7) is 0. The third-order valence-electron chi connectivity index (χ3n) is 2.43. The van der Waals surface area contributed by atoms with Gasteiger partial charge in [0.25, 0.3) is 0 Å². The Morgan fingerprint density at radius 3 is 3.07 bits per heavy atom. The van der Waals surface area contributed by atoms with Crippen molar-refractivity contribution in [2.75, 3.05) is 0 Å². The molecule has 1 nitrogen and oxygen atoms in total. The van der Waals surface area contributed by atoms with Gasteiger partial charge in [-0.3, -0.25) is 0 Å². The molecule has 0 amide bonds. The van der Waals surface area contributed by atoms with Gasteiger partial charge in [0.2, 0.25) is 0 Å². The lowest BCUT2D eigenvalue weighted by molar-refractivity contribution is 0.400. The van der Waals surface area contributed by atoms with E-state index in [2.05, 4.69) is 12.1 Å². The van der Waals surface area contributed by atoms with Gasteiger partial charge in [0.05, 0.1) is 0 Å². The number of hydrogen-bond donors (Lipinski definition) is 0. The van der Waals surface area contributed by atoms with Crippen LogP contribution in [0, 0.1) is 6.07 Å². The Morgan fingerprint density at radius 1 is 1.21 bits per heavy atom. The van der Waals surface area contributed by atoms with Crippen LogP contribution in [-0.2, 0) is 0 Å². The van der Waals surface area contributed by atoms with Crippen molar-refractivity contribution < 1.29 is 4.74 Å². The van der Waals surface area contributed by atoms with Crippen LogP contribution in [0.25, 0.3) is 0 Å². The third kappa shape index (κ3) is 2.63. The average molecular weight is 187 g/mol. The summed E-state index contributed by atoms with van der Waals surface area (Å²) in [4.78, 5) is 0. The van der Waals surface area contributed by atoms with Crippen LogP contribution in [-0.4, -0.2) is 0 Å². The summed E-state index contributed by atoms with van der Waals surface area (Å²) in [6, 6.07) is 10.7. The Kier molecular flexibility index (Phi) is 3.23. The first-order chi connectivity index (χ1) is 6.95. The van der Waals surface area contributed by atoms with Crippen molar-refractivity contribution in [2.45, 2.75) is 32.1 Å². The second-order valence-corrected chi connectivity index (χ2v) is 3.61. The molecule has 0 heterocycles. The average Bonchev–Trinajstić information content (AvgIpc) is 2.48. The molecule has 0 aromatic heterocycles. The zero-order chi connectivity index (χ0) is 9.64. The van der Waals surface area contributed by atoms with Crippen molar-refractivity contribution in [3.63, 3.8) is 0 Å². The standard InChI is InChI=1S/C13H15O/c1-2-5-9-12(8-4-1)14-13-10-6-3-7-11-13/h3,6,8,10-11H,1-2,4-5,9H2. The maximum atomic E-state index is 5.77. The topological polar surface area (TPSA) is 9.23 Å². The quantitative estimate of drug-likeness (QED) is 0.685. The Morgan fingerprint density at radius 2 is 2.21 bits per heavy atom. The molecule has 1 aromatic rings. The molecule has 0 N–H and O–H groups in total. The minimum Gasteiger partial charge on any atom is -0.462 e. The van der Waals surface area contributed by atoms with Gasteiger partial charge < -0.3 is 4.74 Å². The molecule has 0 spiro atoms. The first-order valence-electron chi connectivity index (χ1n) is 5.28. The maximum absolute atomic E-state index is 5.77. The number of hydrogen-bond acceptors (Lipinski definition) is 1. The van der Waals surface area contributed by atoms with Crippen molar-refractivity contribution in [3.8, 4) is 5.75 Å². The molecule has 0 unspecified atom stereocenters. The van der Waals surface area contributed by atoms with Crippen LogP contribution in [0.5, 0.6) is 5.75 Å². The fourth-order valence-corrected chi connectivity index (χ4v) is 1.67. The molecule has 0 atom stereocenters. The van der Waals surface area contributed by atoms with Gasteiger partial charge in [-0.1, -0.05) is 18.6 Å². The molecule has 1 radical (unpaired) electrons. The second-order valence-electron chi connectivity index (χ2n) is 3.61. The smallest absolute Gasteiger partial charge is 0.127 e. The van der Waals surface area contributed by atoms with Gasteiger partial charge in [0.1, 0.15) is 11.5 Å². The molecule has 1 aliphatic carbocycles. The highest BCUT2D eigenvalue weighted by Gasteiger charge is 2.04. The molecule has 14 heavy (non-hydrogen) atoms. The molecule has 0 saturated heterocycles. The third-order valence-corrected chi connectivity index (χ3v) is 2.43. The van der Waals surface area contributed by atoms with Crippen LogP contribution in [0.1, 0.15) is 32.1 Å². The minimum atomic E-state index is 0.903. The van der Waals surface area contributed by atoms with E-state index in [4.69, 9.17) is 4.74 Å². The highest BCUT2D eigenvalue weighted by atomic mass is 16.5. The molecule has 1 heteroatoms. The number of allylic oxidation sites excluding steroid dienone is 2. The highest BCUT2D eigenvalue weighted by molar-refractivity contribution is 5.22. The molecule has 2 rings (SSSR count). The van der Waals surface area contributed by atoms with E-state index < -0.39 is 0 Å². The predicted octanol–water partition coefficient (Wildman–Crippen LogP) is 3.71. The van der Waals surface area contributed by atoms with E-state index in [1.54, 1.807) is 0 Å². The van der Waals surface area contributed by atoms with Gasteiger partial charge in [0.15, 0.2) is 0 Å². The predicted molar refractivity (Wildman–Crippen MR) is 57.1 cm³/mol. The number of benzene rings is 1. The first-order valence-corrected chi connectivity index (χ1v) is 5.28. The highest BCUT2D eigenvalue weighted by Crippen LogP contribution is 2.20. The van der Waals surface area contributed by atoms with Crippen molar-refractivity contribution in [1.82, 2.24) is 0 Å². The Labute approximate surface area is 85.4 Å². The minimum absolute atomic E-state index is 0.903. The van der Waals surface area contributed by atoms with E-state index >= 15 is 0 Å². The fraction of sp³-hybridized carbons (Fsp3) is 0.385. The monoisotopic (exact) mass is 187 g/mol. The number of ether oxygens (including phenoxy) is 1. The number of rotatable bonds is 2. The largest absolute Gasteiger partial charge is 0.462 e.